The fraction of sp³-hybridized carbons (Fsp3) is 0.500. The molecular weight excluding hydrogens is 214 g/mol. The van der Waals surface area contributed by atoms with Crippen LogP contribution < -0.4 is 0 Å². The highest BCUT2D eigenvalue weighted by molar-refractivity contribution is 5.67. The second kappa shape index (κ2) is 5.16. The first-order valence-electron chi connectivity index (χ1n) is 4.62. The Morgan fingerprint density at radius 1 is 1.44 bits per heavy atom. The van der Waals surface area contributed by atoms with Gasteiger partial charge < -0.3 is 14.2 Å². The van der Waals surface area contributed by atoms with Crippen molar-refractivity contribution in [1.82, 2.24) is 0 Å². The minimum Gasteiger partial charge on any atom is -0.480 e. The molecule has 0 fully saturated rings. The van der Waals surface area contributed by atoms with Gasteiger partial charge in [-0.1, -0.05) is 0 Å². The molecule has 16 heavy (non-hydrogen) atoms. The van der Waals surface area contributed by atoms with Crippen molar-refractivity contribution in [2.45, 2.75) is 26.1 Å². The summed E-state index contributed by atoms with van der Waals surface area (Å²) in [4.78, 5) is 21.6. The molecule has 0 N–H and O–H groups in total. The maximum absolute atomic E-state index is 10.8. The number of allylic oxidation sites excluding steroid dienone is 1. The molecule has 0 aliphatic carbocycles. The molecule has 0 aromatic carbocycles. The fourth-order valence-electron chi connectivity index (χ4n) is 1.26. The highest BCUT2D eigenvalue weighted by Crippen LogP contribution is 2.17. The van der Waals surface area contributed by atoms with Gasteiger partial charge in [0, 0.05) is 19.9 Å². The first kappa shape index (κ1) is 12.0. The van der Waals surface area contributed by atoms with Crippen LogP contribution in [-0.4, -0.2) is 30.8 Å². The van der Waals surface area contributed by atoms with Crippen LogP contribution in [0.2, 0.25) is 0 Å². The molecule has 1 heterocycles. The number of ether oxygens (including phenoxy) is 3. The summed E-state index contributed by atoms with van der Waals surface area (Å²) >= 11 is 0. The number of nitriles is 1. The zero-order valence-corrected chi connectivity index (χ0v) is 8.93. The van der Waals surface area contributed by atoms with E-state index < -0.39 is 24.1 Å². The van der Waals surface area contributed by atoms with E-state index in [-0.39, 0.29) is 12.4 Å². The van der Waals surface area contributed by atoms with E-state index in [1.165, 1.54) is 19.9 Å². The second-order valence-electron chi connectivity index (χ2n) is 3.18. The van der Waals surface area contributed by atoms with Gasteiger partial charge in [-0.15, -0.1) is 0 Å². The Morgan fingerprint density at radius 2 is 2.06 bits per heavy atom. The van der Waals surface area contributed by atoms with E-state index in [9.17, 15) is 9.59 Å². The maximum atomic E-state index is 10.8. The van der Waals surface area contributed by atoms with Crippen LogP contribution in [0.1, 0.15) is 13.8 Å². The third kappa shape index (κ3) is 3.28. The number of nitrogens with zero attached hydrogens (tertiary/aromatic N) is 1. The summed E-state index contributed by atoms with van der Waals surface area (Å²) in [5.74, 6) is -0.966. The quantitative estimate of drug-likeness (QED) is 0.628. The summed E-state index contributed by atoms with van der Waals surface area (Å²) < 4.78 is 14.8. The largest absolute Gasteiger partial charge is 0.480 e. The smallest absolute Gasteiger partial charge is 0.303 e. The van der Waals surface area contributed by atoms with Crippen LogP contribution >= 0.6 is 0 Å². The minimum atomic E-state index is -0.773. The van der Waals surface area contributed by atoms with Crippen LogP contribution in [0.5, 0.6) is 0 Å². The average Bonchev–Trinajstić information content (AvgIpc) is 2.19. The Labute approximate surface area is 92.4 Å². The number of hydrogen-bond acceptors (Lipinski definition) is 6. The number of rotatable bonds is 2. The van der Waals surface area contributed by atoms with Crippen LogP contribution in [0.25, 0.3) is 0 Å². The molecule has 1 aliphatic rings. The van der Waals surface area contributed by atoms with Crippen molar-refractivity contribution >= 4 is 11.9 Å². The lowest BCUT2D eigenvalue weighted by atomic mass is 10.1. The first-order chi connectivity index (χ1) is 7.52. The lowest BCUT2D eigenvalue weighted by molar-refractivity contribution is -0.166. The molecule has 0 aromatic heterocycles. The molecule has 0 saturated heterocycles. The molecule has 1 rings (SSSR count). The lowest BCUT2D eigenvalue weighted by Crippen LogP contribution is -2.39. The van der Waals surface area contributed by atoms with Gasteiger partial charge in [0.1, 0.15) is 12.7 Å². The van der Waals surface area contributed by atoms with Crippen molar-refractivity contribution in [2.75, 3.05) is 6.61 Å². The van der Waals surface area contributed by atoms with Gasteiger partial charge in [0.05, 0.1) is 0 Å². The molecule has 0 radical (unpaired) electrons. The Kier molecular flexibility index (Phi) is 3.89. The summed E-state index contributed by atoms with van der Waals surface area (Å²) in [5, 5.41) is 8.62. The number of carbonyl (C=O) groups is 2. The molecular formula is C10H11NO5. The van der Waals surface area contributed by atoms with Gasteiger partial charge in [0.15, 0.2) is 18.0 Å². The Morgan fingerprint density at radius 3 is 2.56 bits per heavy atom. The van der Waals surface area contributed by atoms with Gasteiger partial charge in [-0.2, -0.15) is 5.26 Å². The van der Waals surface area contributed by atoms with Gasteiger partial charge in [0.25, 0.3) is 0 Å². The predicted octanol–water partition coefficient (Wildman–Crippen LogP) is 0.287. The highest BCUT2D eigenvalue weighted by atomic mass is 16.6. The Balaban J connectivity index is 2.78. The summed E-state index contributed by atoms with van der Waals surface area (Å²) in [5.41, 5.74) is 0. The number of carbonyl (C=O) groups excluding carboxylic acids is 2. The highest BCUT2D eigenvalue weighted by Gasteiger charge is 2.31. The summed E-state index contributed by atoms with van der Waals surface area (Å²) in [7, 11) is 0. The minimum absolute atomic E-state index is 0.00306. The third-order valence-electron chi connectivity index (χ3n) is 1.81. The monoisotopic (exact) mass is 225 g/mol. The van der Waals surface area contributed by atoms with E-state index in [1.54, 1.807) is 6.07 Å². The Hall–Kier alpha value is -2.03. The topological polar surface area (TPSA) is 85.6 Å². The molecule has 0 spiro atoms. The van der Waals surface area contributed by atoms with Crippen LogP contribution in [0, 0.1) is 11.3 Å². The van der Waals surface area contributed by atoms with Crippen molar-refractivity contribution in [3.8, 4) is 6.07 Å². The SMILES string of the molecule is CC(=O)O[C@H]1C=C(C#N)OC[C@@H]1OC(C)=O. The zero-order valence-electron chi connectivity index (χ0n) is 8.93. The molecule has 0 aromatic rings. The van der Waals surface area contributed by atoms with Crippen LogP contribution in [-0.2, 0) is 23.8 Å². The van der Waals surface area contributed by atoms with Crippen molar-refractivity contribution in [2.24, 2.45) is 0 Å². The van der Waals surface area contributed by atoms with Crippen molar-refractivity contribution in [3.05, 3.63) is 11.8 Å². The van der Waals surface area contributed by atoms with E-state index in [1.807, 2.05) is 0 Å². The van der Waals surface area contributed by atoms with E-state index in [4.69, 9.17) is 19.5 Å². The molecule has 0 saturated carbocycles. The Bertz CT molecular complexity index is 368. The van der Waals surface area contributed by atoms with Crippen molar-refractivity contribution in [1.29, 1.82) is 5.26 Å². The van der Waals surface area contributed by atoms with Gasteiger partial charge in [0.2, 0.25) is 0 Å². The predicted molar refractivity (Wildman–Crippen MR) is 50.8 cm³/mol. The number of hydrogen-bond donors (Lipinski definition) is 0. The molecule has 0 amide bonds. The third-order valence-corrected chi connectivity index (χ3v) is 1.81. The normalized spacial score (nSPS) is 23.4. The molecule has 6 heteroatoms. The number of esters is 2. The average molecular weight is 225 g/mol. The second-order valence-corrected chi connectivity index (χ2v) is 3.18. The summed E-state index contributed by atoms with van der Waals surface area (Å²) in [6.07, 6.45) is -0.165. The van der Waals surface area contributed by atoms with Crippen LogP contribution in [0.3, 0.4) is 0 Å². The molecule has 1 aliphatic heterocycles. The van der Waals surface area contributed by atoms with Crippen LogP contribution in [0.15, 0.2) is 11.8 Å². The first-order valence-corrected chi connectivity index (χ1v) is 4.62. The van der Waals surface area contributed by atoms with E-state index in [0.717, 1.165) is 0 Å². The molecule has 6 nitrogen and oxygen atoms in total. The molecule has 2 atom stereocenters. The van der Waals surface area contributed by atoms with E-state index >= 15 is 0 Å². The lowest BCUT2D eigenvalue weighted by Gasteiger charge is -2.27. The zero-order chi connectivity index (χ0) is 12.1. The van der Waals surface area contributed by atoms with Gasteiger partial charge in [-0.25, -0.2) is 0 Å². The van der Waals surface area contributed by atoms with E-state index in [2.05, 4.69) is 0 Å². The van der Waals surface area contributed by atoms with Gasteiger partial charge in [-0.05, 0) is 0 Å². The molecule has 0 unspecified atom stereocenters. The van der Waals surface area contributed by atoms with Gasteiger partial charge >= 0.3 is 11.9 Å². The fourth-order valence-corrected chi connectivity index (χ4v) is 1.26. The summed E-state index contributed by atoms with van der Waals surface area (Å²) in [6, 6.07) is 1.79. The maximum Gasteiger partial charge on any atom is 0.303 e. The van der Waals surface area contributed by atoms with Gasteiger partial charge in [-0.3, -0.25) is 9.59 Å². The molecule has 0 bridgehead atoms. The summed E-state index contributed by atoms with van der Waals surface area (Å²) in [6.45, 7) is 2.48. The standard InChI is InChI=1S/C10H11NO5/c1-6(12)15-9-3-8(4-11)14-5-10(9)16-7(2)13/h3,9-10H,5H2,1-2H3/t9-,10-/m0/s1. The van der Waals surface area contributed by atoms with E-state index in [0.29, 0.717) is 0 Å². The molecule has 86 valence electrons. The van der Waals surface area contributed by atoms with Crippen LogP contribution in [0.4, 0.5) is 0 Å². The van der Waals surface area contributed by atoms with Crippen molar-refractivity contribution < 1.29 is 23.8 Å². The van der Waals surface area contributed by atoms with Crippen molar-refractivity contribution in [3.63, 3.8) is 0 Å².